The minimum Gasteiger partial charge on any atom is -0.378 e. The van der Waals surface area contributed by atoms with Gasteiger partial charge >= 0.3 is 0 Å². The number of nitrogens with zero attached hydrogens (tertiary/aromatic N) is 4. The van der Waals surface area contributed by atoms with Crippen molar-refractivity contribution in [2.24, 2.45) is 21.9 Å². The van der Waals surface area contributed by atoms with E-state index >= 15 is 0 Å². The molecule has 8 nitrogen and oxygen atoms in total. The lowest BCUT2D eigenvalue weighted by atomic mass is 11.3. The minimum atomic E-state index is 0.981. The van der Waals surface area contributed by atoms with Crippen LogP contribution in [0.25, 0.3) is 0 Å². The minimum absolute atomic E-state index is 0.981. The Kier molecular flexibility index (Phi) is 5.39. The molecule has 0 fully saturated rings. The molecule has 8 heteroatoms. The van der Waals surface area contributed by atoms with Crippen molar-refractivity contribution in [3.63, 3.8) is 0 Å². The maximum Gasteiger partial charge on any atom is 0.228 e. The molecule has 0 aliphatic heterocycles. The van der Waals surface area contributed by atoms with Gasteiger partial charge in [0.05, 0.1) is 7.05 Å². The summed E-state index contributed by atoms with van der Waals surface area (Å²) in [6.45, 7) is 0. The fourth-order valence-corrected chi connectivity index (χ4v) is 0.284. The molecular formula is C4H12N6O2. The van der Waals surface area contributed by atoms with E-state index in [2.05, 4.69) is 19.9 Å². The van der Waals surface area contributed by atoms with Gasteiger partial charge < -0.3 is 15.5 Å². The number of nitrogens with two attached hydrogens (primary N) is 2. The van der Waals surface area contributed by atoms with Gasteiger partial charge in [0.2, 0.25) is 12.8 Å². The molecule has 0 aliphatic rings. The van der Waals surface area contributed by atoms with Crippen molar-refractivity contribution < 1.29 is 9.68 Å². The van der Waals surface area contributed by atoms with Gasteiger partial charge in [0.25, 0.3) is 0 Å². The molecule has 0 spiro atoms. The Balaban J connectivity index is 3.53. The molecule has 0 atom stereocenters. The smallest absolute Gasteiger partial charge is 0.228 e. The van der Waals surface area contributed by atoms with Gasteiger partial charge in [-0.25, -0.2) is 5.84 Å². The Morgan fingerprint density at radius 1 is 1.25 bits per heavy atom. The summed E-state index contributed by atoms with van der Waals surface area (Å²) in [5.41, 5.74) is 0. The van der Waals surface area contributed by atoms with E-state index in [1.54, 1.807) is 0 Å². The van der Waals surface area contributed by atoms with E-state index in [1.807, 2.05) is 0 Å². The summed E-state index contributed by atoms with van der Waals surface area (Å²) < 4.78 is 0. The highest BCUT2D eigenvalue weighted by Gasteiger charge is 1.87. The zero-order chi connectivity index (χ0) is 9.40. The maximum atomic E-state index is 5.09. The fourth-order valence-electron chi connectivity index (χ4n) is 0.284. The third-order valence-electron chi connectivity index (χ3n) is 0.684. The summed E-state index contributed by atoms with van der Waals surface area (Å²) in [7, 11) is 3.03. The van der Waals surface area contributed by atoms with Crippen molar-refractivity contribution >= 4 is 12.8 Å². The number of hydroxylamine groups is 2. The van der Waals surface area contributed by atoms with E-state index < -0.39 is 0 Å². The Morgan fingerprint density at radius 3 is 2.42 bits per heavy atom. The fraction of sp³-hybridized carbons (Fsp3) is 0.500. The average molecular weight is 176 g/mol. The molecule has 0 aromatic heterocycles. The Labute approximate surface area is 69.9 Å². The summed E-state index contributed by atoms with van der Waals surface area (Å²) in [4.78, 5) is 9.27. The first-order chi connectivity index (χ1) is 5.66. The number of hydrazine groups is 1. The zero-order valence-electron chi connectivity index (χ0n) is 6.91. The third-order valence-corrected chi connectivity index (χ3v) is 0.684. The molecule has 0 aromatic rings. The van der Waals surface area contributed by atoms with Crippen LogP contribution in [-0.2, 0) is 9.68 Å². The van der Waals surface area contributed by atoms with Crippen LogP contribution >= 0.6 is 0 Å². The molecule has 0 saturated carbocycles. The largest absolute Gasteiger partial charge is 0.378 e. The van der Waals surface area contributed by atoms with Gasteiger partial charge in [0.15, 0.2) is 0 Å². The summed E-state index contributed by atoms with van der Waals surface area (Å²) >= 11 is 0. The first-order valence-electron chi connectivity index (χ1n) is 2.96. The van der Waals surface area contributed by atoms with Crippen LogP contribution in [0.2, 0.25) is 0 Å². The van der Waals surface area contributed by atoms with Gasteiger partial charge in [0, 0.05) is 7.05 Å². The summed E-state index contributed by atoms with van der Waals surface area (Å²) in [5, 5.41) is 8.74. The topological polar surface area (TPSA) is 102 Å². The molecule has 4 N–H and O–H groups in total. The van der Waals surface area contributed by atoms with Gasteiger partial charge in [0.1, 0.15) is 0 Å². The highest BCUT2D eigenvalue weighted by molar-refractivity contribution is 5.46. The second-order valence-corrected chi connectivity index (χ2v) is 1.70. The van der Waals surface area contributed by atoms with Crippen LogP contribution in [0.15, 0.2) is 10.2 Å². The quantitative estimate of drug-likeness (QED) is 0.227. The van der Waals surface area contributed by atoms with Crippen molar-refractivity contribution in [3.05, 3.63) is 0 Å². The van der Waals surface area contributed by atoms with E-state index in [0.29, 0.717) is 0 Å². The van der Waals surface area contributed by atoms with E-state index in [4.69, 9.17) is 11.7 Å². The first kappa shape index (κ1) is 10.5. The molecule has 0 heterocycles. The van der Waals surface area contributed by atoms with Gasteiger partial charge in [-0.05, 0) is 0 Å². The van der Waals surface area contributed by atoms with Gasteiger partial charge in [-0.15, -0.1) is 15.4 Å². The molecule has 0 unspecified atom stereocenters. The van der Waals surface area contributed by atoms with Crippen LogP contribution in [0.1, 0.15) is 0 Å². The van der Waals surface area contributed by atoms with Gasteiger partial charge in [-0.1, -0.05) is 5.17 Å². The zero-order valence-corrected chi connectivity index (χ0v) is 6.91. The highest BCUT2D eigenvalue weighted by atomic mass is 16.7. The lowest BCUT2D eigenvalue weighted by Gasteiger charge is -2.09. The van der Waals surface area contributed by atoms with Crippen molar-refractivity contribution in [1.82, 2.24) is 10.3 Å². The number of hydrazone groups is 2. The van der Waals surface area contributed by atoms with E-state index in [9.17, 15) is 0 Å². The van der Waals surface area contributed by atoms with Crippen molar-refractivity contribution in [1.29, 1.82) is 0 Å². The van der Waals surface area contributed by atoms with Crippen LogP contribution in [0, 0.1) is 0 Å². The standard InChI is InChI=1S/C4H12N6O2/c1-9(6)11-4-8-10(2)12-3-7-5/h3-4H,5-6H2,1-2H3/b7-3+,8-4+. The first-order valence-corrected chi connectivity index (χ1v) is 2.96. The molecule has 0 saturated heterocycles. The Hall–Kier alpha value is -1.54. The molecule has 0 amide bonds. The monoisotopic (exact) mass is 176 g/mol. The van der Waals surface area contributed by atoms with Crippen molar-refractivity contribution in [2.45, 2.75) is 0 Å². The number of hydrogen-bond acceptors (Lipinski definition) is 8. The van der Waals surface area contributed by atoms with Crippen LogP contribution in [0.3, 0.4) is 0 Å². The molecule has 12 heavy (non-hydrogen) atoms. The highest BCUT2D eigenvalue weighted by Crippen LogP contribution is 1.81. The SMILES string of the molecule is CN(N)O/C=N/N(C)O/C=N/N. The second-order valence-electron chi connectivity index (χ2n) is 1.70. The van der Waals surface area contributed by atoms with Gasteiger partial charge in [-0.3, -0.25) is 0 Å². The summed E-state index contributed by atoms with van der Waals surface area (Å²) in [6.07, 6.45) is 2.11. The van der Waals surface area contributed by atoms with Crippen LogP contribution < -0.4 is 11.7 Å². The van der Waals surface area contributed by atoms with E-state index in [0.717, 1.165) is 23.1 Å². The van der Waals surface area contributed by atoms with Crippen molar-refractivity contribution in [2.75, 3.05) is 14.1 Å². The predicted octanol–water partition coefficient (Wildman–Crippen LogP) is -1.57. The van der Waals surface area contributed by atoms with Crippen LogP contribution in [0.4, 0.5) is 0 Å². The average Bonchev–Trinajstić information content (AvgIpc) is 2.00. The normalized spacial score (nSPS) is 11.3. The van der Waals surface area contributed by atoms with E-state index in [1.165, 1.54) is 14.1 Å². The molecular weight excluding hydrogens is 164 g/mol. The number of rotatable bonds is 5. The molecule has 0 bridgehead atoms. The van der Waals surface area contributed by atoms with E-state index in [-0.39, 0.29) is 0 Å². The molecule has 70 valence electrons. The van der Waals surface area contributed by atoms with Crippen LogP contribution in [-0.4, -0.2) is 37.2 Å². The molecule has 0 rings (SSSR count). The Bertz CT molecular complexity index is 158. The number of hydrogen-bond donors (Lipinski definition) is 2. The predicted molar refractivity (Wildman–Crippen MR) is 43.1 cm³/mol. The second kappa shape index (κ2) is 6.19. The lowest BCUT2D eigenvalue weighted by molar-refractivity contribution is -0.0630. The Morgan fingerprint density at radius 2 is 1.92 bits per heavy atom. The summed E-state index contributed by atoms with van der Waals surface area (Å²) in [5.74, 6) is 9.85. The summed E-state index contributed by atoms with van der Waals surface area (Å²) in [6, 6.07) is 0. The van der Waals surface area contributed by atoms with Crippen molar-refractivity contribution in [3.8, 4) is 0 Å². The third kappa shape index (κ3) is 6.58. The van der Waals surface area contributed by atoms with Gasteiger partial charge in [-0.2, -0.15) is 0 Å². The van der Waals surface area contributed by atoms with Crippen LogP contribution in [0.5, 0.6) is 0 Å². The molecule has 0 radical (unpaired) electrons. The maximum absolute atomic E-state index is 5.09. The molecule has 0 aromatic carbocycles. The lowest BCUT2D eigenvalue weighted by Crippen LogP contribution is -2.26. The molecule has 0 aliphatic carbocycles.